The van der Waals surface area contributed by atoms with Crippen LogP contribution in [0.5, 0.6) is 0 Å². The third-order valence-electron chi connectivity index (χ3n) is 2.60. The lowest BCUT2D eigenvalue weighted by molar-refractivity contribution is 0.124. The second-order valence-electron chi connectivity index (χ2n) is 3.59. The molecule has 0 fully saturated rings. The first kappa shape index (κ1) is 13.1. The van der Waals surface area contributed by atoms with E-state index in [0.717, 1.165) is 3.79 Å². The second-order valence-corrected chi connectivity index (χ2v) is 6.09. The van der Waals surface area contributed by atoms with Crippen LogP contribution in [0.4, 0.5) is 0 Å². The standard InChI is InChI=1S/C10H17BrN2OS/c1-7(6-14)13(2)8(5-12)9-3-4-10(11)15-9/h3-4,7-8,14H,5-6,12H2,1-2H3. The number of nitrogens with two attached hydrogens (primary N) is 1. The Bertz CT molecular complexity index is 305. The van der Waals surface area contributed by atoms with Gasteiger partial charge in [0, 0.05) is 17.5 Å². The van der Waals surface area contributed by atoms with Gasteiger partial charge in [0.05, 0.1) is 16.4 Å². The number of aliphatic hydroxyl groups is 1. The fourth-order valence-corrected chi connectivity index (χ4v) is 3.02. The van der Waals surface area contributed by atoms with Crippen LogP contribution in [0, 0.1) is 0 Å². The molecule has 0 saturated carbocycles. The monoisotopic (exact) mass is 292 g/mol. The van der Waals surface area contributed by atoms with E-state index in [-0.39, 0.29) is 18.7 Å². The average Bonchev–Trinajstić information content (AvgIpc) is 2.64. The van der Waals surface area contributed by atoms with Crippen molar-refractivity contribution in [3.8, 4) is 0 Å². The third-order valence-corrected chi connectivity index (χ3v) is 4.32. The molecule has 1 rings (SSSR count). The molecule has 3 N–H and O–H groups in total. The predicted molar refractivity (Wildman–Crippen MR) is 68.1 cm³/mol. The lowest BCUT2D eigenvalue weighted by Gasteiger charge is -2.30. The highest BCUT2D eigenvalue weighted by Crippen LogP contribution is 2.30. The maximum absolute atomic E-state index is 9.11. The fourth-order valence-electron chi connectivity index (χ4n) is 1.43. The fraction of sp³-hybridized carbons (Fsp3) is 0.600. The highest BCUT2D eigenvalue weighted by molar-refractivity contribution is 9.11. The number of aliphatic hydroxyl groups excluding tert-OH is 1. The zero-order valence-electron chi connectivity index (χ0n) is 8.98. The molecule has 0 aliphatic rings. The Hall–Kier alpha value is 0.0600. The summed E-state index contributed by atoms with van der Waals surface area (Å²) in [7, 11) is 1.99. The van der Waals surface area contributed by atoms with Crippen molar-refractivity contribution >= 4 is 27.3 Å². The summed E-state index contributed by atoms with van der Waals surface area (Å²) >= 11 is 5.13. The molecule has 0 aromatic carbocycles. The van der Waals surface area contributed by atoms with Crippen molar-refractivity contribution in [3.63, 3.8) is 0 Å². The summed E-state index contributed by atoms with van der Waals surface area (Å²) in [6.07, 6.45) is 0. The van der Waals surface area contributed by atoms with Crippen molar-refractivity contribution in [2.75, 3.05) is 20.2 Å². The number of hydrogen-bond donors (Lipinski definition) is 2. The number of likely N-dealkylation sites (N-methyl/N-ethyl adjacent to an activating group) is 1. The normalized spacial score (nSPS) is 15.6. The lowest BCUT2D eigenvalue weighted by Crippen LogP contribution is -2.38. The van der Waals surface area contributed by atoms with E-state index in [9.17, 15) is 0 Å². The summed E-state index contributed by atoms with van der Waals surface area (Å²) < 4.78 is 1.11. The SMILES string of the molecule is CC(CO)N(C)C(CN)c1ccc(Br)s1. The van der Waals surface area contributed by atoms with Crippen molar-refractivity contribution in [2.24, 2.45) is 5.73 Å². The summed E-state index contributed by atoms with van der Waals surface area (Å²) in [5.74, 6) is 0. The van der Waals surface area contributed by atoms with Gasteiger partial charge >= 0.3 is 0 Å². The van der Waals surface area contributed by atoms with Gasteiger partial charge in [0.25, 0.3) is 0 Å². The summed E-state index contributed by atoms with van der Waals surface area (Å²) in [6, 6.07) is 4.41. The molecule has 0 amide bonds. The van der Waals surface area contributed by atoms with Gasteiger partial charge in [0.1, 0.15) is 0 Å². The van der Waals surface area contributed by atoms with Crippen LogP contribution in [0.2, 0.25) is 0 Å². The minimum absolute atomic E-state index is 0.124. The maximum atomic E-state index is 9.11. The Kier molecular flexibility index (Phi) is 5.22. The van der Waals surface area contributed by atoms with Gasteiger partial charge in [-0.25, -0.2) is 0 Å². The second kappa shape index (κ2) is 5.96. The summed E-state index contributed by atoms with van der Waals surface area (Å²) in [6.45, 7) is 2.71. The van der Waals surface area contributed by atoms with Gasteiger partial charge in [-0.2, -0.15) is 0 Å². The molecule has 0 aliphatic carbocycles. The molecule has 15 heavy (non-hydrogen) atoms. The van der Waals surface area contributed by atoms with Gasteiger partial charge in [-0.3, -0.25) is 4.90 Å². The van der Waals surface area contributed by atoms with E-state index >= 15 is 0 Å². The van der Waals surface area contributed by atoms with E-state index in [1.54, 1.807) is 11.3 Å². The van der Waals surface area contributed by atoms with Crippen LogP contribution in [-0.2, 0) is 0 Å². The molecule has 0 radical (unpaired) electrons. The van der Waals surface area contributed by atoms with Gasteiger partial charge < -0.3 is 10.8 Å². The predicted octanol–water partition coefficient (Wildman–Crippen LogP) is 1.82. The van der Waals surface area contributed by atoms with Crippen LogP contribution in [-0.4, -0.2) is 36.2 Å². The minimum Gasteiger partial charge on any atom is -0.395 e. The molecular weight excluding hydrogens is 276 g/mol. The molecule has 5 heteroatoms. The van der Waals surface area contributed by atoms with E-state index in [1.807, 2.05) is 20.0 Å². The molecule has 1 aromatic heterocycles. The Balaban J connectivity index is 2.79. The van der Waals surface area contributed by atoms with Crippen LogP contribution >= 0.6 is 27.3 Å². The molecule has 2 atom stereocenters. The molecule has 0 bridgehead atoms. The number of thiophene rings is 1. The first-order valence-corrected chi connectivity index (χ1v) is 6.49. The summed E-state index contributed by atoms with van der Waals surface area (Å²) in [5, 5.41) is 9.11. The maximum Gasteiger partial charge on any atom is 0.0702 e. The smallest absolute Gasteiger partial charge is 0.0702 e. The Labute approximate surface area is 103 Å². The van der Waals surface area contributed by atoms with E-state index in [2.05, 4.69) is 26.9 Å². The van der Waals surface area contributed by atoms with Crippen LogP contribution in [0.25, 0.3) is 0 Å². The minimum atomic E-state index is 0.124. The molecule has 3 nitrogen and oxygen atoms in total. The molecule has 2 unspecified atom stereocenters. The zero-order valence-corrected chi connectivity index (χ0v) is 11.4. The Morgan fingerprint density at radius 2 is 2.27 bits per heavy atom. The first-order valence-electron chi connectivity index (χ1n) is 4.88. The molecule has 0 spiro atoms. The third kappa shape index (κ3) is 3.26. The largest absolute Gasteiger partial charge is 0.395 e. The van der Waals surface area contributed by atoms with Gasteiger partial charge in [-0.05, 0) is 42.0 Å². The summed E-state index contributed by atoms with van der Waals surface area (Å²) in [5.41, 5.74) is 5.78. The van der Waals surface area contributed by atoms with Crippen LogP contribution in [0.1, 0.15) is 17.8 Å². The Morgan fingerprint density at radius 1 is 1.60 bits per heavy atom. The lowest BCUT2D eigenvalue weighted by atomic mass is 10.1. The highest BCUT2D eigenvalue weighted by Gasteiger charge is 2.20. The van der Waals surface area contributed by atoms with Crippen molar-refractivity contribution in [1.29, 1.82) is 0 Å². The number of hydrogen-bond acceptors (Lipinski definition) is 4. The average molecular weight is 293 g/mol. The van der Waals surface area contributed by atoms with Gasteiger partial charge in [-0.15, -0.1) is 11.3 Å². The van der Waals surface area contributed by atoms with Gasteiger partial charge in [0.15, 0.2) is 0 Å². The van der Waals surface area contributed by atoms with Gasteiger partial charge in [-0.1, -0.05) is 0 Å². The van der Waals surface area contributed by atoms with Crippen molar-refractivity contribution in [3.05, 3.63) is 20.8 Å². The van der Waals surface area contributed by atoms with Crippen molar-refractivity contribution in [1.82, 2.24) is 4.90 Å². The molecule has 1 aromatic rings. The van der Waals surface area contributed by atoms with E-state index in [1.165, 1.54) is 4.88 Å². The quantitative estimate of drug-likeness (QED) is 0.870. The van der Waals surface area contributed by atoms with E-state index in [4.69, 9.17) is 10.8 Å². The molecular formula is C10H17BrN2OS. The molecule has 1 heterocycles. The summed E-state index contributed by atoms with van der Waals surface area (Å²) in [4.78, 5) is 3.34. The Morgan fingerprint density at radius 3 is 2.67 bits per heavy atom. The number of rotatable bonds is 5. The van der Waals surface area contributed by atoms with E-state index in [0.29, 0.717) is 6.54 Å². The zero-order chi connectivity index (χ0) is 11.4. The van der Waals surface area contributed by atoms with Crippen LogP contribution < -0.4 is 5.73 Å². The van der Waals surface area contributed by atoms with E-state index < -0.39 is 0 Å². The molecule has 0 aliphatic heterocycles. The van der Waals surface area contributed by atoms with Crippen LogP contribution in [0.3, 0.4) is 0 Å². The number of halogens is 1. The topological polar surface area (TPSA) is 49.5 Å². The van der Waals surface area contributed by atoms with Gasteiger partial charge in [0.2, 0.25) is 0 Å². The number of nitrogens with zero attached hydrogens (tertiary/aromatic N) is 1. The first-order chi connectivity index (χ1) is 7.10. The molecule has 86 valence electrons. The van der Waals surface area contributed by atoms with Crippen molar-refractivity contribution < 1.29 is 5.11 Å². The highest BCUT2D eigenvalue weighted by atomic mass is 79.9. The van der Waals surface area contributed by atoms with Crippen LogP contribution in [0.15, 0.2) is 15.9 Å². The van der Waals surface area contributed by atoms with Crippen molar-refractivity contribution in [2.45, 2.75) is 19.0 Å². The molecule has 0 saturated heterocycles.